The Hall–Kier alpha value is -2.35. The van der Waals surface area contributed by atoms with Gasteiger partial charge in [-0.15, -0.1) is 0 Å². The molecule has 1 fully saturated rings. The number of carboxylic acid groups (broad SMARTS) is 1. The highest BCUT2D eigenvalue weighted by Gasteiger charge is 2.26. The molecule has 3 N–H and O–H groups in total. The third-order valence-corrected chi connectivity index (χ3v) is 4.59. The Morgan fingerprint density at radius 3 is 2.64 bits per heavy atom. The third kappa shape index (κ3) is 3.11. The summed E-state index contributed by atoms with van der Waals surface area (Å²) in [6, 6.07) is 6.23. The molecule has 0 aliphatic heterocycles. The smallest absolute Gasteiger partial charge is 0.409 e. The van der Waals surface area contributed by atoms with Gasteiger partial charge in [0.15, 0.2) is 9.84 Å². The van der Waals surface area contributed by atoms with Gasteiger partial charge >= 0.3 is 6.09 Å². The fourth-order valence-corrected chi connectivity index (χ4v) is 2.93. The van der Waals surface area contributed by atoms with E-state index in [-0.39, 0.29) is 10.6 Å². The molecule has 8 heteroatoms. The number of amides is 1. The molecule has 2 aromatic rings. The fourth-order valence-electron chi connectivity index (χ4n) is 2.24. The molecule has 0 bridgehead atoms. The second kappa shape index (κ2) is 5.13. The van der Waals surface area contributed by atoms with Crippen molar-refractivity contribution in [1.82, 2.24) is 10.2 Å². The summed E-state index contributed by atoms with van der Waals surface area (Å²) >= 11 is 0. The molecular formula is C14H15N3O4S. The van der Waals surface area contributed by atoms with Gasteiger partial charge in [-0.25, -0.2) is 13.2 Å². The normalized spacial score (nSPS) is 14.8. The molecule has 7 nitrogen and oxygen atoms in total. The lowest BCUT2D eigenvalue weighted by Gasteiger charge is -2.07. The molecule has 1 aliphatic carbocycles. The van der Waals surface area contributed by atoms with Crippen molar-refractivity contribution < 1.29 is 18.3 Å². The van der Waals surface area contributed by atoms with Crippen LogP contribution in [0.25, 0.3) is 11.3 Å². The van der Waals surface area contributed by atoms with Crippen LogP contribution in [0.1, 0.15) is 24.5 Å². The van der Waals surface area contributed by atoms with Crippen LogP contribution in [-0.4, -0.2) is 36.1 Å². The highest BCUT2D eigenvalue weighted by Crippen LogP contribution is 2.40. The number of nitrogens with zero attached hydrogens (tertiary/aromatic N) is 1. The number of aromatic amines is 1. The van der Waals surface area contributed by atoms with Gasteiger partial charge in [0.2, 0.25) is 0 Å². The van der Waals surface area contributed by atoms with Crippen molar-refractivity contribution in [3.05, 3.63) is 30.0 Å². The van der Waals surface area contributed by atoms with Crippen molar-refractivity contribution in [3.8, 4) is 11.3 Å². The Balaban J connectivity index is 2.06. The van der Waals surface area contributed by atoms with E-state index in [1.54, 1.807) is 6.07 Å². The van der Waals surface area contributed by atoms with Crippen molar-refractivity contribution >= 4 is 21.6 Å². The minimum Gasteiger partial charge on any atom is -0.465 e. The van der Waals surface area contributed by atoms with Gasteiger partial charge in [-0.05, 0) is 37.1 Å². The van der Waals surface area contributed by atoms with Gasteiger partial charge in [-0.3, -0.25) is 10.4 Å². The second-order valence-corrected chi connectivity index (χ2v) is 7.45. The van der Waals surface area contributed by atoms with Gasteiger partial charge in [0.05, 0.1) is 10.6 Å². The van der Waals surface area contributed by atoms with Crippen LogP contribution in [0.3, 0.4) is 0 Å². The molecule has 1 amide bonds. The average molecular weight is 321 g/mol. The van der Waals surface area contributed by atoms with Gasteiger partial charge < -0.3 is 5.11 Å². The van der Waals surface area contributed by atoms with Crippen molar-refractivity contribution in [2.24, 2.45) is 0 Å². The Kier molecular flexibility index (Phi) is 3.40. The Labute approximate surface area is 127 Å². The molecule has 0 unspecified atom stereocenters. The highest BCUT2D eigenvalue weighted by molar-refractivity contribution is 7.90. The zero-order valence-corrected chi connectivity index (χ0v) is 12.6. The van der Waals surface area contributed by atoms with E-state index in [1.165, 1.54) is 12.1 Å². The summed E-state index contributed by atoms with van der Waals surface area (Å²) < 4.78 is 23.5. The predicted molar refractivity (Wildman–Crippen MR) is 80.8 cm³/mol. The van der Waals surface area contributed by atoms with Crippen molar-refractivity contribution in [3.63, 3.8) is 0 Å². The van der Waals surface area contributed by atoms with E-state index in [9.17, 15) is 13.2 Å². The standard InChI is InChI=1S/C14H15N3O4S/c1-22(20,21)11-5-9(4-10(6-11)15-14(18)19)13-7-12(16-17-13)8-2-3-8/h4-8,15H,2-3H2,1H3,(H,16,17)(H,18,19). The number of rotatable bonds is 4. The Bertz CT molecular complexity index is 838. The van der Waals surface area contributed by atoms with E-state index >= 15 is 0 Å². The van der Waals surface area contributed by atoms with Gasteiger partial charge in [0.1, 0.15) is 0 Å². The van der Waals surface area contributed by atoms with E-state index < -0.39 is 15.9 Å². The first-order valence-corrected chi connectivity index (χ1v) is 8.63. The second-order valence-electron chi connectivity index (χ2n) is 5.43. The van der Waals surface area contributed by atoms with Crippen LogP contribution in [0.2, 0.25) is 0 Å². The maximum atomic E-state index is 11.8. The van der Waals surface area contributed by atoms with Gasteiger partial charge in [-0.2, -0.15) is 5.10 Å². The first-order valence-electron chi connectivity index (χ1n) is 6.74. The molecule has 0 atom stereocenters. The number of carbonyl (C=O) groups is 1. The van der Waals surface area contributed by atoms with Crippen molar-refractivity contribution in [2.45, 2.75) is 23.7 Å². The molecule has 1 saturated carbocycles. The summed E-state index contributed by atoms with van der Waals surface area (Å²) in [5.41, 5.74) is 2.37. The molecule has 0 saturated heterocycles. The summed E-state index contributed by atoms with van der Waals surface area (Å²) in [7, 11) is -3.46. The topological polar surface area (TPSA) is 112 Å². The number of anilines is 1. The van der Waals surface area contributed by atoms with E-state index in [0.717, 1.165) is 24.8 Å². The Morgan fingerprint density at radius 1 is 1.32 bits per heavy atom. The molecule has 116 valence electrons. The fraction of sp³-hybridized carbons (Fsp3) is 0.286. The van der Waals surface area contributed by atoms with E-state index in [4.69, 9.17) is 5.11 Å². The van der Waals surface area contributed by atoms with Gasteiger partial charge in [0.25, 0.3) is 0 Å². The molecule has 22 heavy (non-hydrogen) atoms. The maximum absolute atomic E-state index is 11.8. The van der Waals surface area contributed by atoms with Gasteiger partial charge in [0, 0.05) is 29.1 Å². The first-order chi connectivity index (χ1) is 10.3. The van der Waals surface area contributed by atoms with Crippen LogP contribution in [0.15, 0.2) is 29.2 Å². The highest BCUT2D eigenvalue weighted by atomic mass is 32.2. The number of nitrogens with one attached hydrogen (secondary N) is 2. The quantitative estimate of drug-likeness (QED) is 0.800. The summed E-state index contributed by atoms with van der Waals surface area (Å²) in [5, 5.41) is 18.2. The summed E-state index contributed by atoms with van der Waals surface area (Å²) in [4.78, 5) is 10.8. The molecule has 1 aliphatic rings. The van der Waals surface area contributed by atoms with Crippen LogP contribution < -0.4 is 5.32 Å². The van der Waals surface area contributed by atoms with E-state index in [2.05, 4.69) is 15.5 Å². The molecular weight excluding hydrogens is 306 g/mol. The van der Waals surface area contributed by atoms with Crippen LogP contribution in [0.5, 0.6) is 0 Å². The lowest BCUT2D eigenvalue weighted by Crippen LogP contribution is -2.08. The predicted octanol–water partition coefficient (Wildman–Crippen LogP) is 2.45. The molecule has 1 heterocycles. The number of benzene rings is 1. The maximum Gasteiger partial charge on any atom is 0.409 e. The van der Waals surface area contributed by atoms with Gasteiger partial charge in [-0.1, -0.05) is 0 Å². The largest absolute Gasteiger partial charge is 0.465 e. The van der Waals surface area contributed by atoms with Crippen LogP contribution >= 0.6 is 0 Å². The Morgan fingerprint density at radius 2 is 2.05 bits per heavy atom. The lowest BCUT2D eigenvalue weighted by molar-refractivity contribution is 0.209. The number of hydrogen-bond donors (Lipinski definition) is 3. The zero-order chi connectivity index (χ0) is 15.9. The molecule has 0 radical (unpaired) electrons. The number of sulfone groups is 1. The van der Waals surface area contributed by atoms with Crippen LogP contribution in [0.4, 0.5) is 10.5 Å². The first kappa shape index (κ1) is 14.6. The minimum absolute atomic E-state index is 0.0460. The van der Waals surface area contributed by atoms with Crippen LogP contribution in [-0.2, 0) is 9.84 Å². The summed E-state index contributed by atoms with van der Waals surface area (Å²) in [6.45, 7) is 0. The number of aromatic nitrogens is 2. The molecule has 0 spiro atoms. The van der Waals surface area contributed by atoms with Crippen molar-refractivity contribution in [2.75, 3.05) is 11.6 Å². The molecule has 3 rings (SSSR count). The average Bonchev–Trinajstić information content (AvgIpc) is 3.14. The third-order valence-electron chi connectivity index (χ3n) is 3.50. The monoisotopic (exact) mass is 321 g/mol. The molecule has 1 aromatic carbocycles. The summed E-state index contributed by atoms with van der Waals surface area (Å²) in [6.07, 6.45) is 2.07. The van der Waals surface area contributed by atoms with E-state index in [0.29, 0.717) is 17.2 Å². The minimum atomic E-state index is -3.46. The SMILES string of the molecule is CS(=O)(=O)c1cc(NC(=O)O)cc(-c2cc(C3CC3)[nH]n2)c1. The number of H-pyrrole nitrogens is 1. The van der Waals surface area contributed by atoms with Crippen LogP contribution in [0, 0.1) is 0 Å². The molecule has 1 aromatic heterocycles. The number of hydrogen-bond acceptors (Lipinski definition) is 4. The van der Waals surface area contributed by atoms with Crippen molar-refractivity contribution in [1.29, 1.82) is 0 Å². The summed E-state index contributed by atoms with van der Waals surface area (Å²) in [5.74, 6) is 0.496. The van der Waals surface area contributed by atoms with E-state index in [1.807, 2.05) is 6.07 Å². The lowest BCUT2D eigenvalue weighted by atomic mass is 10.1. The zero-order valence-electron chi connectivity index (χ0n) is 11.8.